The molecule has 25 heavy (non-hydrogen) atoms. The third kappa shape index (κ3) is 3.69. The second-order valence-corrected chi connectivity index (χ2v) is 5.65. The molecule has 0 unspecified atom stereocenters. The third-order valence-corrected chi connectivity index (χ3v) is 4.13. The Morgan fingerprint density at radius 1 is 1.08 bits per heavy atom. The van der Waals surface area contributed by atoms with Crippen molar-refractivity contribution in [3.8, 4) is 5.75 Å². The van der Waals surface area contributed by atoms with Crippen LogP contribution in [0, 0.1) is 0 Å². The summed E-state index contributed by atoms with van der Waals surface area (Å²) in [6, 6.07) is 19.4. The molecule has 3 aromatic rings. The second kappa shape index (κ2) is 7.62. The van der Waals surface area contributed by atoms with Crippen LogP contribution in [0.15, 0.2) is 65.8 Å². The van der Waals surface area contributed by atoms with Crippen molar-refractivity contribution >= 4 is 22.9 Å². The van der Waals surface area contributed by atoms with Gasteiger partial charge in [0.25, 0.3) is 5.91 Å². The van der Waals surface area contributed by atoms with Gasteiger partial charge in [0, 0.05) is 11.1 Å². The second-order valence-electron chi connectivity index (χ2n) is 5.65. The Bertz CT molecular complexity index is 915. The molecule has 0 saturated carbocycles. The summed E-state index contributed by atoms with van der Waals surface area (Å²) in [4.78, 5) is 12.2. The highest BCUT2D eigenvalue weighted by atomic mass is 16.5. The summed E-state index contributed by atoms with van der Waals surface area (Å²) in [7, 11) is 1.62. The Hall–Kier alpha value is -3.14. The average Bonchev–Trinajstić information content (AvgIpc) is 2.68. The quantitative estimate of drug-likeness (QED) is 0.563. The predicted octanol–water partition coefficient (Wildman–Crippen LogP) is 4.17. The molecule has 1 amide bonds. The number of ether oxygens (including phenoxy) is 1. The number of hydrogen-bond acceptors (Lipinski definition) is 3. The standard InChI is InChI=1S/C21H20N2O2/c1-3-15-8-10-17(11-9-15)21(24)23-22-14-19-18-7-5-4-6-16(18)12-13-20(19)25-2/h4-14H,3H2,1-2H3,(H,23,24)/b22-14-. The molecule has 4 heteroatoms. The Labute approximate surface area is 147 Å². The Morgan fingerprint density at radius 2 is 1.84 bits per heavy atom. The fraction of sp³-hybridized carbons (Fsp3) is 0.143. The van der Waals surface area contributed by atoms with Gasteiger partial charge in [0.2, 0.25) is 0 Å². The molecule has 0 atom stereocenters. The summed E-state index contributed by atoms with van der Waals surface area (Å²) in [6.07, 6.45) is 2.57. The molecule has 0 fully saturated rings. The SMILES string of the molecule is CCc1ccc(C(=O)N/N=C\c2c(OC)ccc3ccccc23)cc1. The van der Waals surface area contributed by atoms with Gasteiger partial charge in [-0.05, 0) is 41.0 Å². The summed E-state index contributed by atoms with van der Waals surface area (Å²) in [6.45, 7) is 2.08. The summed E-state index contributed by atoms with van der Waals surface area (Å²) in [5, 5.41) is 6.22. The van der Waals surface area contributed by atoms with E-state index in [1.165, 1.54) is 5.56 Å². The number of carbonyl (C=O) groups is 1. The molecule has 126 valence electrons. The van der Waals surface area contributed by atoms with E-state index >= 15 is 0 Å². The van der Waals surface area contributed by atoms with E-state index in [4.69, 9.17) is 4.74 Å². The van der Waals surface area contributed by atoms with E-state index in [1.54, 1.807) is 13.3 Å². The number of fused-ring (bicyclic) bond motifs is 1. The molecule has 0 bridgehead atoms. The summed E-state index contributed by atoms with van der Waals surface area (Å²) in [5.41, 5.74) is 5.19. The molecule has 0 aliphatic carbocycles. The van der Waals surface area contributed by atoms with Crippen LogP contribution in [0.25, 0.3) is 10.8 Å². The van der Waals surface area contributed by atoms with Crippen LogP contribution in [0.4, 0.5) is 0 Å². The monoisotopic (exact) mass is 332 g/mol. The molecule has 0 saturated heterocycles. The lowest BCUT2D eigenvalue weighted by atomic mass is 10.0. The molecule has 4 nitrogen and oxygen atoms in total. The van der Waals surface area contributed by atoms with Gasteiger partial charge in [-0.15, -0.1) is 0 Å². The zero-order chi connectivity index (χ0) is 17.6. The smallest absolute Gasteiger partial charge is 0.271 e. The van der Waals surface area contributed by atoms with Gasteiger partial charge in [-0.3, -0.25) is 4.79 Å². The molecule has 0 spiro atoms. The van der Waals surface area contributed by atoms with Crippen molar-refractivity contribution in [1.29, 1.82) is 0 Å². The van der Waals surface area contributed by atoms with Crippen molar-refractivity contribution in [1.82, 2.24) is 5.43 Å². The van der Waals surface area contributed by atoms with Crippen molar-refractivity contribution < 1.29 is 9.53 Å². The van der Waals surface area contributed by atoms with Gasteiger partial charge < -0.3 is 4.74 Å². The van der Waals surface area contributed by atoms with Crippen molar-refractivity contribution in [3.63, 3.8) is 0 Å². The number of aryl methyl sites for hydroxylation is 1. The van der Waals surface area contributed by atoms with Crippen molar-refractivity contribution in [2.24, 2.45) is 5.10 Å². The van der Waals surface area contributed by atoms with Crippen LogP contribution < -0.4 is 10.2 Å². The molecule has 3 aromatic carbocycles. The van der Waals surface area contributed by atoms with Gasteiger partial charge in [-0.1, -0.05) is 49.4 Å². The summed E-state index contributed by atoms with van der Waals surface area (Å²) in [5.74, 6) is 0.474. The van der Waals surface area contributed by atoms with Crippen LogP contribution in [-0.4, -0.2) is 19.2 Å². The first kappa shape index (κ1) is 16.7. The predicted molar refractivity (Wildman–Crippen MR) is 101 cm³/mol. The Balaban J connectivity index is 1.81. The van der Waals surface area contributed by atoms with Crippen LogP contribution in [0.5, 0.6) is 5.75 Å². The van der Waals surface area contributed by atoms with Gasteiger partial charge in [0.15, 0.2) is 0 Å². The summed E-state index contributed by atoms with van der Waals surface area (Å²) < 4.78 is 5.42. The number of carbonyl (C=O) groups excluding carboxylic acids is 1. The zero-order valence-electron chi connectivity index (χ0n) is 14.3. The summed E-state index contributed by atoms with van der Waals surface area (Å²) >= 11 is 0. The van der Waals surface area contributed by atoms with E-state index in [0.717, 1.165) is 22.8 Å². The average molecular weight is 332 g/mol. The number of hydrogen-bond donors (Lipinski definition) is 1. The maximum atomic E-state index is 12.2. The number of amides is 1. The number of rotatable bonds is 5. The minimum absolute atomic E-state index is 0.238. The van der Waals surface area contributed by atoms with E-state index in [9.17, 15) is 4.79 Å². The zero-order valence-corrected chi connectivity index (χ0v) is 14.3. The minimum Gasteiger partial charge on any atom is -0.496 e. The molecular weight excluding hydrogens is 312 g/mol. The largest absolute Gasteiger partial charge is 0.496 e. The lowest BCUT2D eigenvalue weighted by molar-refractivity contribution is 0.0955. The number of nitrogens with zero attached hydrogens (tertiary/aromatic N) is 1. The van der Waals surface area contributed by atoms with Crippen molar-refractivity contribution in [2.45, 2.75) is 13.3 Å². The molecule has 0 aliphatic heterocycles. The molecule has 1 N–H and O–H groups in total. The minimum atomic E-state index is -0.238. The fourth-order valence-corrected chi connectivity index (χ4v) is 2.70. The van der Waals surface area contributed by atoms with E-state index < -0.39 is 0 Å². The molecule has 0 radical (unpaired) electrons. The van der Waals surface area contributed by atoms with Gasteiger partial charge in [0.1, 0.15) is 5.75 Å². The Kier molecular flexibility index (Phi) is 5.09. The molecular formula is C21H20N2O2. The van der Waals surface area contributed by atoms with Gasteiger partial charge in [-0.25, -0.2) is 5.43 Å². The van der Waals surface area contributed by atoms with Gasteiger partial charge >= 0.3 is 0 Å². The van der Waals surface area contributed by atoms with Gasteiger partial charge in [0.05, 0.1) is 13.3 Å². The van der Waals surface area contributed by atoms with Crippen LogP contribution in [-0.2, 0) is 6.42 Å². The fourth-order valence-electron chi connectivity index (χ4n) is 2.70. The van der Waals surface area contributed by atoms with Crippen LogP contribution in [0.3, 0.4) is 0 Å². The number of methoxy groups -OCH3 is 1. The highest BCUT2D eigenvalue weighted by Crippen LogP contribution is 2.26. The molecule has 0 heterocycles. The van der Waals surface area contributed by atoms with Crippen LogP contribution in [0.2, 0.25) is 0 Å². The van der Waals surface area contributed by atoms with Crippen LogP contribution in [0.1, 0.15) is 28.4 Å². The first-order chi connectivity index (χ1) is 12.2. The highest BCUT2D eigenvalue weighted by Gasteiger charge is 2.07. The lowest BCUT2D eigenvalue weighted by Gasteiger charge is -2.08. The molecule has 0 aliphatic rings. The topological polar surface area (TPSA) is 50.7 Å². The first-order valence-electron chi connectivity index (χ1n) is 8.21. The molecule has 0 aromatic heterocycles. The van der Waals surface area contributed by atoms with E-state index in [0.29, 0.717) is 11.3 Å². The van der Waals surface area contributed by atoms with Gasteiger partial charge in [-0.2, -0.15) is 5.10 Å². The molecule has 3 rings (SSSR count). The third-order valence-electron chi connectivity index (χ3n) is 4.13. The van der Waals surface area contributed by atoms with E-state index in [2.05, 4.69) is 17.5 Å². The maximum Gasteiger partial charge on any atom is 0.271 e. The highest BCUT2D eigenvalue weighted by molar-refractivity contribution is 6.03. The maximum absolute atomic E-state index is 12.2. The number of hydrazone groups is 1. The normalized spacial score (nSPS) is 11.0. The van der Waals surface area contributed by atoms with E-state index in [-0.39, 0.29) is 5.91 Å². The Morgan fingerprint density at radius 3 is 2.56 bits per heavy atom. The first-order valence-corrected chi connectivity index (χ1v) is 8.21. The number of benzene rings is 3. The van der Waals surface area contributed by atoms with Crippen molar-refractivity contribution in [2.75, 3.05) is 7.11 Å². The van der Waals surface area contributed by atoms with Crippen molar-refractivity contribution in [3.05, 3.63) is 77.4 Å². The van der Waals surface area contributed by atoms with Crippen LogP contribution >= 0.6 is 0 Å². The number of nitrogens with one attached hydrogen (secondary N) is 1. The van der Waals surface area contributed by atoms with E-state index in [1.807, 2.05) is 60.7 Å². The lowest BCUT2D eigenvalue weighted by Crippen LogP contribution is -2.17.